The third-order valence-electron chi connectivity index (χ3n) is 2.88. The van der Waals surface area contributed by atoms with E-state index in [4.69, 9.17) is 4.74 Å². The number of methoxy groups -OCH3 is 1. The summed E-state index contributed by atoms with van der Waals surface area (Å²) in [5.41, 5.74) is -0.856. The van der Waals surface area contributed by atoms with Gasteiger partial charge in [-0.15, -0.1) is 0 Å². The summed E-state index contributed by atoms with van der Waals surface area (Å²) in [5, 5.41) is 0. The van der Waals surface area contributed by atoms with E-state index in [0.29, 0.717) is 4.57 Å². The molecule has 0 aliphatic carbocycles. The quantitative estimate of drug-likeness (QED) is 0.765. The van der Waals surface area contributed by atoms with Crippen LogP contribution >= 0.6 is 0 Å². The smallest absolute Gasteiger partial charge is 0.319 e. The zero-order valence-electron chi connectivity index (χ0n) is 11.9. The lowest BCUT2D eigenvalue weighted by Gasteiger charge is -2.26. The Morgan fingerprint density at radius 1 is 1.50 bits per heavy atom. The van der Waals surface area contributed by atoms with Crippen LogP contribution in [0.25, 0.3) is 0 Å². The van der Waals surface area contributed by atoms with Crippen LogP contribution in [0.4, 0.5) is 8.78 Å². The second-order valence-electron chi connectivity index (χ2n) is 5.00. The van der Waals surface area contributed by atoms with Gasteiger partial charge in [0.05, 0.1) is 17.9 Å². The third-order valence-corrected chi connectivity index (χ3v) is 5.02. The van der Waals surface area contributed by atoms with Crippen LogP contribution < -0.4 is 0 Å². The van der Waals surface area contributed by atoms with Crippen LogP contribution in [0, 0.1) is 0 Å². The van der Waals surface area contributed by atoms with Crippen molar-refractivity contribution in [2.45, 2.75) is 32.5 Å². The molecule has 9 heteroatoms. The molecule has 0 saturated heterocycles. The molecule has 6 nitrogen and oxygen atoms in total. The van der Waals surface area contributed by atoms with Gasteiger partial charge in [0.1, 0.15) is 5.82 Å². The van der Waals surface area contributed by atoms with Crippen LogP contribution in [-0.2, 0) is 21.3 Å². The summed E-state index contributed by atoms with van der Waals surface area (Å²) in [6.45, 7) is 0.301. The molecule has 0 unspecified atom stereocenters. The van der Waals surface area contributed by atoms with E-state index in [1.165, 1.54) is 20.4 Å². The summed E-state index contributed by atoms with van der Waals surface area (Å²) in [4.78, 5) is 3.75. The van der Waals surface area contributed by atoms with Crippen molar-refractivity contribution in [2.75, 3.05) is 19.9 Å². The van der Waals surface area contributed by atoms with Gasteiger partial charge in [-0.05, 0) is 13.8 Å². The van der Waals surface area contributed by atoms with Crippen LogP contribution in [0.2, 0.25) is 0 Å². The highest BCUT2D eigenvalue weighted by Crippen LogP contribution is 2.17. The van der Waals surface area contributed by atoms with E-state index in [0.717, 1.165) is 10.5 Å². The first-order valence-electron chi connectivity index (χ1n) is 5.88. The molecule has 0 aliphatic heterocycles. The summed E-state index contributed by atoms with van der Waals surface area (Å²) in [6, 6.07) is 0. The SMILES string of the molecule is COC(C)(C)CS(=O)(=O)N(C)Cc1nccn1C(F)F. The van der Waals surface area contributed by atoms with E-state index >= 15 is 0 Å². The topological polar surface area (TPSA) is 64.4 Å². The van der Waals surface area contributed by atoms with Crippen LogP contribution in [0.15, 0.2) is 12.4 Å². The van der Waals surface area contributed by atoms with Crippen LogP contribution in [-0.4, -0.2) is 47.8 Å². The molecule has 0 atom stereocenters. The van der Waals surface area contributed by atoms with Crippen molar-refractivity contribution in [3.05, 3.63) is 18.2 Å². The van der Waals surface area contributed by atoms with Gasteiger partial charge in [0.2, 0.25) is 10.0 Å². The number of rotatable bonds is 7. The highest BCUT2D eigenvalue weighted by molar-refractivity contribution is 7.89. The highest BCUT2D eigenvalue weighted by atomic mass is 32.2. The second-order valence-corrected chi connectivity index (χ2v) is 7.08. The fourth-order valence-electron chi connectivity index (χ4n) is 1.55. The van der Waals surface area contributed by atoms with E-state index < -0.39 is 22.2 Å². The minimum atomic E-state index is -3.64. The number of imidazole rings is 1. The molecule has 0 saturated carbocycles. The number of nitrogens with zero attached hydrogens (tertiary/aromatic N) is 3. The molecule has 0 aromatic carbocycles. The molecule has 0 spiro atoms. The Balaban J connectivity index is 2.85. The molecule has 0 N–H and O–H groups in total. The number of hydrogen-bond acceptors (Lipinski definition) is 4. The number of aromatic nitrogens is 2. The van der Waals surface area contributed by atoms with E-state index in [-0.39, 0.29) is 18.1 Å². The fraction of sp³-hybridized carbons (Fsp3) is 0.727. The molecular weight excluding hydrogens is 292 g/mol. The van der Waals surface area contributed by atoms with Crippen molar-refractivity contribution in [3.8, 4) is 0 Å². The zero-order chi connectivity index (χ0) is 15.6. The molecule has 0 fully saturated rings. The molecule has 1 rings (SSSR count). The maximum Gasteiger partial charge on any atom is 0.319 e. The molecule has 116 valence electrons. The minimum absolute atomic E-state index is 0.0127. The van der Waals surface area contributed by atoms with Gasteiger partial charge in [-0.2, -0.15) is 13.1 Å². The number of hydrogen-bond donors (Lipinski definition) is 0. The van der Waals surface area contributed by atoms with Crippen molar-refractivity contribution in [3.63, 3.8) is 0 Å². The Kier molecular flexibility index (Phi) is 5.22. The number of halogens is 2. The molecule has 20 heavy (non-hydrogen) atoms. The van der Waals surface area contributed by atoms with E-state index in [1.54, 1.807) is 13.8 Å². The van der Waals surface area contributed by atoms with E-state index in [1.807, 2.05) is 0 Å². The van der Waals surface area contributed by atoms with Crippen molar-refractivity contribution in [1.82, 2.24) is 13.9 Å². The van der Waals surface area contributed by atoms with Crippen LogP contribution in [0.3, 0.4) is 0 Å². The lowest BCUT2D eigenvalue weighted by molar-refractivity contribution is 0.0415. The van der Waals surface area contributed by atoms with Gasteiger partial charge in [-0.1, -0.05) is 0 Å². The summed E-state index contributed by atoms with van der Waals surface area (Å²) in [7, 11) is -0.898. The Bertz CT molecular complexity index is 543. The summed E-state index contributed by atoms with van der Waals surface area (Å²) in [5.74, 6) is -0.260. The molecule has 0 amide bonds. The van der Waals surface area contributed by atoms with Gasteiger partial charge < -0.3 is 4.74 Å². The predicted molar refractivity (Wildman–Crippen MR) is 69.8 cm³/mol. The Hall–Kier alpha value is -1.06. The first-order chi connectivity index (χ1) is 9.09. The van der Waals surface area contributed by atoms with Gasteiger partial charge >= 0.3 is 6.55 Å². The molecule has 0 aliphatic rings. The maximum atomic E-state index is 12.7. The number of ether oxygens (including phenoxy) is 1. The predicted octanol–water partition coefficient (Wildman–Crippen LogP) is 1.46. The Labute approximate surface area is 117 Å². The normalized spacial score (nSPS) is 13.4. The van der Waals surface area contributed by atoms with Gasteiger partial charge in [-0.25, -0.2) is 13.4 Å². The largest absolute Gasteiger partial charge is 0.378 e. The van der Waals surface area contributed by atoms with Crippen molar-refractivity contribution in [2.24, 2.45) is 0 Å². The molecule has 1 aromatic heterocycles. The van der Waals surface area contributed by atoms with E-state index in [9.17, 15) is 17.2 Å². The molecule has 0 bridgehead atoms. The first-order valence-corrected chi connectivity index (χ1v) is 7.49. The summed E-state index contributed by atoms with van der Waals surface area (Å²) in [6.07, 6.45) is 2.32. The molecule has 1 aromatic rings. The first kappa shape index (κ1) is 17.0. The molecule has 0 radical (unpaired) electrons. The van der Waals surface area contributed by atoms with Crippen LogP contribution in [0.1, 0.15) is 26.2 Å². The lowest BCUT2D eigenvalue weighted by Crippen LogP contribution is -2.40. The third kappa shape index (κ3) is 4.22. The van der Waals surface area contributed by atoms with Crippen molar-refractivity contribution in [1.29, 1.82) is 0 Å². The standard InChI is InChI=1S/C11H19F2N3O3S/c1-11(2,19-4)8-20(17,18)15(3)7-9-14-5-6-16(9)10(12)13/h5-6,10H,7-8H2,1-4H3. The van der Waals surface area contributed by atoms with Crippen molar-refractivity contribution < 1.29 is 21.9 Å². The molecule has 1 heterocycles. The molecular formula is C11H19F2N3O3S. The van der Waals surface area contributed by atoms with Gasteiger partial charge in [0, 0.05) is 26.6 Å². The lowest BCUT2D eigenvalue weighted by atomic mass is 10.2. The number of sulfonamides is 1. The summed E-state index contributed by atoms with van der Waals surface area (Å²) < 4.78 is 56.3. The van der Waals surface area contributed by atoms with Crippen LogP contribution in [0.5, 0.6) is 0 Å². The van der Waals surface area contributed by atoms with Gasteiger partial charge in [-0.3, -0.25) is 4.57 Å². The van der Waals surface area contributed by atoms with Gasteiger partial charge in [0.25, 0.3) is 0 Å². The van der Waals surface area contributed by atoms with Crippen molar-refractivity contribution >= 4 is 10.0 Å². The monoisotopic (exact) mass is 311 g/mol. The average molecular weight is 311 g/mol. The highest BCUT2D eigenvalue weighted by Gasteiger charge is 2.30. The zero-order valence-corrected chi connectivity index (χ0v) is 12.7. The van der Waals surface area contributed by atoms with Gasteiger partial charge in [0.15, 0.2) is 0 Å². The summed E-state index contributed by atoms with van der Waals surface area (Å²) >= 11 is 0. The number of alkyl halides is 2. The fourth-order valence-corrected chi connectivity index (χ4v) is 3.08. The second kappa shape index (κ2) is 6.15. The average Bonchev–Trinajstić information content (AvgIpc) is 2.76. The minimum Gasteiger partial charge on any atom is -0.378 e. The maximum absolute atomic E-state index is 12.7. The van der Waals surface area contributed by atoms with E-state index in [2.05, 4.69) is 4.98 Å². The Morgan fingerprint density at radius 2 is 2.10 bits per heavy atom. The Morgan fingerprint density at radius 3 is 2.60 bits per heavy atom.